The molecule has 0 atom stereocenters. The number of nitrogens with zero attached hydrogens (tertiary/aromatic N) is 3. The van der Waals surface area contributed by atoms with Crippen LogP contribution in [-0.2, 0) is 7.05 Å². The predicted molar refractivity (Wildman–Crippen MR) is 96.6 cm³/mol. The number of halogens is 1. The first-order chi connectivity index (χ1) is 11.1. The number of rotatable bonds is 3. The van der Waals surface area contributed by atoms with Gasteiger partial charge >= 0.3 is 0 Å². The monoisotopic (exact) mass is 420 g/mol. The first kappa shape index (κ1) is 15.5. The van der Waals surface area contributed by atoms with E-state index in [0.717, 1.165) is 14.3 Å². The van der Waals surface area contributed by atoms with Crippen LogP contribution in [-0.4, -0.2) is 27.0 Å². The highest BCUT2D eigenvalue weighted by atomic mass is 127. The van der Waals surface area contributed by atoms with Crippen molar-refractivity contribution in [3.8, 4) is 5.75 Å². The zero-order chi connectivity index (χ0) is 16.4. The molecule has 2 N–H and O–H groups in total. The Labute approximate surface area is 146 Å². The van der Waals surface area contributed by atoms with E-state index in [1.54, 1.807) is 24.0 Å². The minimum Gasteiger partial charge on any atom is -0.507 e. The smallest absolute Gasteiger partial charge is 0.292 e. The third-order valence-corrected chi connectivity index (χ3v) is 4.10. The van der Waals surface area contributed by atoms with Gasteiger partial charge in [0.1, 0.15) is 5.75 Å². The number of aryl methyl sites for hydroxylation is 1. The fraction of sp³-hybridized carbons (Fsp3) is 0.0625. The van der Waals surface area contributed by atoms with E-state index >= 15 is 0 Å². The van der Waals surface area contributed by atoms with Crippen molar-refractivity contribution in [3.63, 3.8) is 0 Å². The number of aromatic hydroxyl groups is 1. The van der Waals surface area contributed by atoms with Gasteiger partial charge < -0.3 is 5.11 Å². The molecule has 116 valence electrons. The highest BCUT2D eigenvalue weighted by molar-refractivity contribution is 14.1. The number of hydrogen-bond donors (Lipinski definition) is 2. The summed E-state index contributed by atoms with van der Waals surface area (Å²) < 4.78 is 2.31. The molecule has 0 aliphatic rings. The maximum absolute atomic E-state index is 12.0. The topological polar surface area (TPSA) is 79.5 Å². The molecular formula is C16H13IN4O2. The van der Waals surface area contributed by atoms with Crippen molar-refractivity contribution in [2.45, 2.75) is 0 Å². The number of aromatic nitrogens is 2. The van der Waals surface area contributed by atoms with Gasteiger partial charge in [-0.1, -0.05) is 30.3 Å². The number of nitrogens with one attached hydrogen (secondary N) is 1. The summed E-state index contributed by atoms with van der Waals surface area (Å²) in [6.45, 7) is 0. The molecule has 0 fully saturated rings. The van der Waals surface area contributed by atoms with Crippen molar-refractivity contribution in [2.75, 3.05) is 0 Å². The van der Waals surface area contributed by atoms with Crippen molar-refractivity contribution >= 4 is 45.5 Å². The van der Waals surface area contributed by atoms with Crippen LogP contribution in [0.15, 0.2) is 47.7 Å². The zero-order valence-electron chi connectivity index (χ0n) is 12.2. The molecule has 0 saturated heterocycles. The second kappa shape index (κ2) is 6.37. The molecule has 7 heteroatoms. The summed E-state index contributed by atoms with van der Waals surface area (Å²) in [4.78, 5) is 12.0. The Hall–Kier alpha value is -2.42. The van der Waals surface area contributed by atoms with Gasteiger partial charge in [-0.2, -0.15) is 10.2 Å². The first-order valence-corrected chi connectivity index (χ1v) is 7.87. The van der Waals surface area contributed by atoms with Gasteiger partial charge in [0.05, 0.1) is 9.78 Å². The Balaban J connectivity index is 1.85. The van der Waals surface area contributed by atoms with E-state index < -0.39 is 5.91 Å². The second-order valence-electron chi connectivity index (χ2n) is 4.92. The number of hydrogen-bond acceptors (Lipinski definition) is 4. The molecule has 3 aromatic rings. The Morgan fingerprint density at radius 1 is 1.35 bits per heavy atom. The second-order valence-corrected chi connectivity index (χ2v) is 6.08. The molecule has 0 bridgehead atoms. The summed E-state index contributed by atoms with van der Waals surface area (Å²) in [7, 11) is 1.75. The minimum absolute atomic E-state index is 0.106. The van der Waals surface area contributed by atoms with E-state index in [2.05, 4.69) is 15.6 Å². The maximum atomic E-state index is 12.0. The van der Waals surface area contributed by atoms with Gasteiger partial charge in [0.15, 0.2) is 5.69 Å². The lowest BCUT2D eigenvalue weighted by molar-refractivity contribution is 0.0948. The average molecular weight is 420 g/mol. The molecule has 2 aromatic carbocycles. The van der Waals surface area contributed by atoms with Crippen molar-refractivity contribution < 1.29 is 9.90 Å². The fourth-order valence-electron chi connectivity index (χ4n) is 2.24. The standard InChI is InChI=1S/C16H13IN4O2/c1-21-9-13(17)15(20-21)16(23)19-18-8-12-11-5-3-2-4-10(11)6-7-14(12)22/h2-9,22H,1H3,(H,19,23). The number of phenolic OH excluding ortho intramolecular Hbond substituents is 1. The van der Waals surface area contributed by atoms with Crippen LogP contribution in [0.3, 0.4) is 0 Å². The van der Waals surface area contributed by atoms with Crippen LogP contribution in [0.2, 0.25) is 0 Å². The zero-order valence-corrected chi connectivity index (χ0v) is 14.4. The summed E-state index contributed by atoms with van der Waals surface area (Å²) in [5.74, 6) is -0.292. The number of carbonyl (C=O) groups is 1. The SMILES string of the molecule is Cn1cc(I)c(C(=O)NN=Cc2c(O)ccc3ccccc23)n1. The molecule has 0 radical (unpaired) electrons. The molecule has 0 aliphatic heterocycles. The first-order valence-electron chi connectivity index (χ1n) is 6.79. The van der Waals surface area contributed by atoms with Crippen LogP contribution in [0.5, 0.6) is 5.75 Å². The van der Waals surface area contributed by atoms with E-state index in [9.17, 15) is 9.90 Å². The molecule has 0 unspecified atom stereocenters. The average Bonchev–Trinajstić information content (AvgIpc) is 2.88. The molecule has 0 saturated carbocycles. The van der Waals surface area contributed by atoms with Crippen molar-refractivity contribution in [3.05, 3.63) is 57.4 Å². The van der Waals surface area contributed by atoms with Crippen molar-refractivity contribution in [1.82, 2.24) is 15.2 Å². The van der Waals surface area contributed by atoms with E-state index in [-0.39, 0.29) is 5.75 Å². The molecule has 6 nitrogen and oxygen atoms in total. The fourth-order valence-corrected chi connectivity index (χ4v) is 3.00. The lowest BCUT2D eigenvalue weighted by atomic mass is 10.0. The van der Waals surface area contributed by atoms with Crippen LogP contribution >= 0.6 is 22.6 Å². The largest absolute Gasteiger partial charge is 0.507 e. The third kappa shape index (κ3) is 3.19. The minimum atomic E-state index is -0.397. The molecule has 1 amide bonds. The number of phenols is 1. The molecule has 3 rings (SSSR count). The summed E-state index contributed by atoms with van der Waals surface area (Å²) >= 11 is 2.04. The Morgan fingerprint density at radius 2 is 2.13 bits per heavy atom. The van der Waals surface area contributed by atoms with E-state index in [1.807, 2.05) is 52.9 Å². The highest BCUT2D eigenvalue weighted by Crippen LogP contribution is 2.25. The van der Waals surface area contributed by atoms with Gasteiger partial charge in [0, 0.05) is 18.8 Å². The van der Waals surface area contributed by atoms with Gasteiger partial charge in [0.2, 0.25) is 0 Å². The van der Waals surface area contributed by atoms with Gasteiger partial charge in [0.25, 0.3) is 5.91 Å². The lowest BCUT2D eigenvalue weighted by Crippen LogP contribution is -2.19. The number of benzene rings is 2. The molecule has 0 spiro atoms. The Morgan fingerprint density at radius 3 is 2.87 bits per heavy atom. The lowest BCUT2D eigenvalue weighted by Gasteiger charge is -2.04. The van der Waals surface area contributed by atoms with E-state index in [4.69, 9.17) is 0 Å². The predicted octanol–water partition coefficient (Wildman–Crippen LogP) is 2.65. The number of fused-ring (bicyclic) bond motifs is 1. The quantitative estimate of drug-likeness (QED) is 0.389. The normalized spacial score (nSPS) is 11.2. The molecule has 1 aromatic heterocycles. The van der Waals surface area contributed by atoms with Crippen LogP contribution < -0.4 is 5.43 Å². The van der Waals surface area contributed by atoms with Crippen molar-refractivity contribution in [1.29, 1.82) is 0 Å². The molecular weight excluding hydrogens is 407 g/mol. The van der Waals surface area contributed by atoms with Crippen LogP contribution in [0.1, 0.15) is 16.1 Å². The highest BCUT2D eigenvalue weighted by Gasteiger charge is 2.13. The summed E-state index contributed by atoms with van der Waals surface area (Å²) in [5.41, 5.74) is 3.30. The van der Waals surface area contributed by atoms with Crippen molar-refractivity contribution in [2.24, 2.45) is 12.1 Å². The van der Waals surface area contributed by atoms with Crippen LogP contribution in [0.4, 0.5) is 0 Å². The number of hydrazone groups is 1. The van der Waals surface area contributed by atoms with E-state index in [1.165, 1.54) is 6.21 Å². The molecule has 1 heterocycles. The Kier molecular flexibility index (Phi) is 4.28. The van der Waals surface area contributed by atoms with Crippen LogP contribution in [0.25, 0.3) is 10.8 Å². The summed E-state index contributed by atoms with van der Waals surface area (Å²) in [6.07, 6.45) is 3.18. The third-order valence-electron chi connectivity index (χ3n) is 3.31. The van der Waals surface area contributed by atoms with Gasteiger partial charge in [-0.3, -0.25) is 9.48 Å². The molecule has 0 aliphatic carbocycles. The summed E-state index contributed by atoms with van der Waals surface area (Å²) in [5, 5.41) is 19.9. The Bertz CT molecular complexity index is 918. The van der Waals surface area contributed by atoms with Crippen LogP contribution in [0, 0.1) is 3.57 Å². The summed E-state index contributed by atoms with van der Waals surface area (Å²) in [6, 6.07) is 11.1. The number of carbonyl (C=O) groups excluding carboxylic acids is 1. The van der Waals surface area contributed by atoms with Gasteiger partial charge in [-0.15, -0.1) is 0 Å². The van der Waals surface area contributed by atoms with Gasteiger partial charge in [-0.05, 0) is 39.4 Å². The maximum Gasteiger partial charge on any atom is 0.292 e. The molecule has 23 heavy (non-hydrogen) atoms. The number of amides is 1. The van der Waals surface area contributed by atoms with E-state index in [0.29, 0.717) is 11.3 Å². The van der Waals surface area contributed by atoms with Gasteiger partial charge in [-0.25, -0.2) is 5.43 Å².